The molecule has 0 aliphatic rings. The lowest BCUT2D eigenvalue weighted by molar-refractivity contribution is -0.117. The van der Waals surface area contributed by atoms with Crippen LogP contribution in [0, 0.1) is 19.8 Å². The van der Waals surface area contributed by atoms with Crippen molar-refractivity contribution in [3.63, 3.8) is 0 Å². The molecule has 3 amide bonds. The largest absolute Gasteiger partial charge is 0.338 e. The van der Waals surface area contributed by atoms with Gasteiger partial charge in [-0.2, -0.15) is 0 Å². The van der Waals surface area contributed by atoms with Gasteiger partial charge in [-0.1, -0.05) is 55.9 Å². The minimum Gasteiger partial charge on any atom is -0.338 e. The second-order valence-corrected chi connectivity index (χ2v) is 9.40. The molecule has 0 fully saturated rings. The van der Waals surface area contributed by atoms with E-state index in [0.717, 1.165) is 28.6 Å². The molecule has 0 aliphatic carbocycles. The molecule has 2 aromatic heterocycles. The molecular weight excluding hydrogens is 452 g/mol. The number of thioether (sulfide) groups is 1. The van der Waals surface area contributed by atoms with Crippen molar-refractivity contribution in [2.24, 2.45) is 5.92 Å². The van der Waals surface area contributed by atoms with E-state index in [0.29, 0.717) is 28.4 Å². The summed E-state index contributed by atoms with van der Waals surface area (Å²) in [6.07, 6.45) is 0. The number of fused-ring (bicyclic) bond motifs is 3. The average molecular weight is 479 g/mol. The molecule has 2 aromatic carbocycles. The van der Waals surface area contributed by atoms with Gasteiger partial charge in [-0.3, -0.25) is 19.3 Å². The van der Waals surface area contributed by atoms with Gasteiger partial charge in [0.2, 0.25) is 11.7 Å². The van der Waals surface area contributed by atoms with E-state index in [9.17, 15) is 14.4 Å². The Hall–Kier alpha value is -3.66. The molecule has 0 spiro atoms. The maximum atomic E-state index is 13.5. The number of benzene rings is 2. The number of amides is 3. The summed E-state index contributed by atoms with van der Waals surface area (Å²) in [5.74, 6) is 0.154. The Morgan fingerprint density at radius 1 is 1.03 bits per heavy atom. The molecule has 9 nitrogen and oxygen atoms in total. The topological polar surface area (TPSA) is 110 Å². The lowest BCUT2D eigenvalue weighted by Gasteiger charge is -2.15. The summed E-state index contributed by atoms with van der Waals surface area (Å²) in [5, 5.41) is 14.5. The number of carbonyl (C=O) groups excluding carboxylic acids is 2. The molecule has 2 heterocycles. The zero-order valence-electron chi connectivity index (χ0n) is 19.5. The van der Waals surface area contributed by atoms with E-state index in [1.165, 1.54) is 0 Å². The second-order valence-electron chi connectivity index (χ2n) is 8.46. The molecule has 0 atom stereocenters. The molecular formula is C24H26N6O3S. The third-order valence-corrected chi connectivity index (χ3v) is 6.24. The van der Waals surface area contributed by atoms with Gasteiger partial charge in [-0.05, 0) is 43.0 Å². The number of hydrogen-bond acceptors (Lipinski definition) is 6. The van der Waals surface area contributed by atoms with Crippen LogP contribution in [-0.4, -0.2) is 43.4 Å². The standard InChI is InChI=1S/C24H26N6O3S/c1-14(2)12-25-22(33)26-19(31)13-34-24-28-27-23-29(24)18-11-6-5-10-17(18)21(32)30(23)20-15(3)8-7-9-16(20)4/h5-11,14H,12-13H2,1-4H3,(H2,25,26,31,33). The predicted molar refractivity (Wildman–Crippen MR) is 133 cm³/mol. The van der Waals surface area contributed by atoms with Crippen molar-refractivity contribution in [3.05, 3.63) is 63.9 Å². The summed E-state index contributed by atoms with van der Waals surface area (Å²) < 4.78 is 3.35. The Morgan fingerprint density at radius 3 is 2.44 bits per heavy atom. The van der Waals surface area contributed by atoms with Crippen molar-refractivity contribution in [2.75, 3.05) is 12.3 Å². The first kappa shape index (κ1) is 23.5. The maximum Gasteiger partial charge on any atom is 0.321 e. The van der Waals surface area contributed by atoms with Crippen molar-refractivity contribution in [1.29, 1.82) is 0 Å². The molecule has 0 saturated carbocycles. The van der Waals surface area contributed by atoms with Gasteiger partial charge in [0.05, 0.1) is 22.3 Å². The fourth-order valence-corrected chi connectivity index (χ4v) is 4.51. The number of aromatic nitrogens is 4. The van der Waals surface area contributed by atoms with Gasteiger partial charge < -0.3 is 5.32 Å². The number of para-hydroxylation sites is 2. The van der Waals surface area contributed by atoms with E-state index < -0.39 is 11.9 Å². The van der Waals surface area contributed by atoms with Crippen LogP contribution in [0.3, 0.4) is 0 Å². The molecule has 0 aliphatic heterocycles. The number of hydrogen-bond donors (Lipinski definition) is 2. The number of nitrogens with one attached hydrogen (secondary N) is 2. The van der Waals surface area contributed by atoms with Crippen LogP contribution in [0.2, 0.25) is 0 Å². The molecule has 4 rings (SSSR count). The molecule has 4 aromatic rings. The Morgan fingerprint density at radius 2 is 1.74 bits per heavy atom. The zero-order valence-corrected chi connectivity index (χ0v) is 20.3. The van der Waals surface area contributed by atoms with Crippen molar-refractivity contribution in [3.8, 4) is 5.69 Å². The first-order valence-electron chi connectivity index (χ1n) is 10.9. The van der Waals surface area contributed by atoms with Gasteiger partial charge >= 0.3 is 6.03 Å². The third kappa shape index (κ3) is 4.54. The van der Waals surface area contributed by atoms with E-state index in [2.05, 4.69) is 20.8 Å². The zero-order chi connectivity index (χ0) is 24.4. The Kier molecular flexibility index (Phi) is 6.69. The van der Waals surface area contributed by atoms with Gasteiger partial charge in [0, 0.05) is 6.54 Å². The van der Waals surface area contributed by atoms with Crippen molar-refractivity contribution in [1.82, 2.24) is 29.8 Å². The Bertz CT molecular complexity index is 1440. The SMILES string of the molecule is Cc1cccc(C)c1-n1c(=O)c2ccccc2n2c(SCC(=O)NC(=O)NCC(C)C)nnc12. The summed E-state index contributed by atoms with van der Waals surface area (Å²) >= 11 is 1.15. The van der Waals surface area contributed by atoms with Crippen LogP contribution in [-0.2, 0) is 4.79 Å². The van der Waals surface area contributed by atoms with Gasteiger partial charge in [0.25, 0.3) is 5.56 Å². The van der Waals surface area contributed by atoms with E-state index in [-0.39, 0.29) is 17.2 Å². The van der Waals surface area contributed by atoms with Gasteiger partial charge in [-0.15, -0.1) is 10.2 Å². The lowest BCUT2D eigenvalue weighted by atomic mass is 10.1. The second kappa shape index (κ2) is 9.68. The van der Waals surface area contributed by atoms with Gasteiger partial charge in [0.1, 0.15) is 0 Å². The first-order valence-corrected chi connectivity index (χ1v) is 11.9. The summed E-state index contributed by atoms with van der Waals surface area (Å²) in [6.45, 7) is 8.30. The number of rotatable bonds is 6. The predicted octanol–water partition coefficient (Wildman–Crippen LogP) is 3.22. The quantitative estimate of drug-likeness (QED) is 0.412. The fraction of sp³-hybridized carbons (Fsp3) is 0.292. The summed E-state index contributed by atoms with van der Waals surface area (Å²) in [6, 6.07) is 12.5. The molecule has 0 radical (unpaired) electrons. The number of nitrogens with zero attached hydrogens (tertiary/aromatic N) is 4. The molecule has 0 saturated heterocycles. The summed E-state index contributed by atoms with van der Waals surface area (Å²) in [5.41, 5.74) is 3.08. The van der Waals surface area contributed by atoms with Crippen LogP contribution < -0.4 is 16.2 Å². The smallest absolute Gasteiger partial charge is 0.321 e. The van der Waals surface area contributed by atoms with Crippen molar-refractivity contribution < 1.29 is 9.59 Å². The summed E-state index contributed by atoms with van der Waals surface area (Å²) in [7, 11) is 0. The van der Waals surface area contributed by atoms with E-state index in [4.69, 9.17) is 0 Å². The average Bonchev–Trinajstić information content (AvgIpc) is 3.22. The van der Waals surface area contributed by atoms with Crippen molar-refractivity contribution in [2.45, 2.75) is 32.9 Å². The van der Waals surface area contributed by atoms with Crippen LogP contribution >= 0.6 is 11.8 Å². The van der Waals surface area contributed by atoms with Crippen LogP contribution in [0.4, 0.5) is 4.79 Å². The molecule has 0 bridgehead atoms. The Balaban J connectivity index is 1.74. The fourth-order valence-electron chi connectivity index (χ4n) is 3.77. The highest BCUT2D eigenvalue weighted by Crippen LogP contribution is 2.25. The molecule has 0 unspecified atom stereocenters. The number of urea groups is 1. The number of aryl methyl sites for hydroxylation is 2. The third-order valence-electron chi connectivity index (χ3n) is 5.31. The highest BCUT2D eigenvalue weighted by Gasteiger charge is 2.20. The highest BCUT2D eigenvalue weighted by atomic mass is 32.2. The van der Waals surface area contributed by atoms with Crippen LogP contribution in [0.25, 0.3) is 22.4 Å². The first-order chi connectivity index (χ1) is 16.3. The van der Waals surface area contributed by atoms with Crippen molar-refractivity contribution >= 4 is 40.4 Å². The molecule has 2 N–H and O–H groups in total. The van der Waals surface area contributed by atoms with E-state index in [1.807, 2.05) is 64.1 Å². The lowest BCUT2D eigenvalue weighted by Crippen LogP contribution is -2.41. The summed E-state index contributed by atoms with van der Waals surface area (Å²) in [4.78, 5) is 37.7. The minimum atomic E-state index is -0.528. The molecule has 176 valence electrons. The minimum absolute atomic E-state index is 0.0350. The molecule has 34 heavy (non-hydrogen) atoms. The monoisotopic (exact) mass is 478 g/mol. The number of carbonyl (C=O) groups is 2. The maximum absolute atomic E-state index is 13.5. The van der Waals surface area contributed by atoms with Crippen LogP contribution in [0.5, 0.6) is 0 Å². The van der Waals surface area contributed by atoms with Crippen LogP contribution in [0.15, 0.2) is 52.4 Å². The van der Waals surface area contributed by atoms with Crippen LogP contribution in [0.1, 0.15) is 25.0 Å². The number of imide groups is 1. The highest BCUT2D eigenvalue weighted by molar-refractivity contribution is 7.99. The molecule has 10 heteroatoms. The van der Waals surface area contributed by atoms with Gasteiger partial charge in [-0.25, -0.2) is 9.36 Å². The Labute approximate surface area is 200 Å². The van der Waals surface area contributed by atoms with E-state index in [1.54, 1.807) is 15.0 Å². The normalized spacial score (nSPS) is 11.3. The van der Waals surface area contributed by atoms with E-state index >= 15 is 0 Å². The van der Waals surface area contributed by atoms with Gasteiger partial charge in [0.15, 0.2) is 5.16 Å².